The molecule has 0 aliphatic carbocycles. The summed E-state index contributed by atoms with van der Waals surface area (Å²) in [6.45, 7) is 5.62. The Morgan fingerprint density at radius 2 is 1.79 bits per heavy atom. The number of hydrogen-bond donors (Lipinski definition) is 1. The molecule has 1 fully saturated rings. The van der Waals surface area contributed by atoms with Gasteiger partial charge in [-0.1, -0.05) is 44.2 Å². The standard InChI is InChI=1S/C19H28N2O3/c1-14(2)18(15-7-5-4-6-8-15)19(24)21-11-9-16(10-12-21)20(3)13-17(22)23/h4-8,14,16,18H,9-13H2,1-3H3,(H,22,23)/t18-/m1/s1. The van der Waals surface area contributed by atoms with Crippen LogP contribution in [0.15, 0.2) is 30.3 Å². The number of amides is 1. The van der Waals surface area contributed by atoms with Gasteiger partial charge in [-0.05, 0) is 31.4 Å². The molecule has 24 heavy (non-hydrogen) atoms. The van der Waals surface area contributed by atoms with E-state index in [1.54, 1.807) is 0 Å². The molecule has 1 aromatic rings. The molecule has 0 saturated carbocycles. The zero-order valence-electron chi connectivity index (χ0n) is 14.8. The highest BCUT2D eigenvalue weighted by molar-refractivity contribution is 5.84. The zero-order chi connectivity index (χ0) is 17.7. The maximum atomic E-state index is 13.0. The van der Waals surface area contributed by atoms with Gasteiger partial charge in [0, 0.05) is 19.1 Å². The molecule has 1 aromatic carbocycles. The number of likely N-dealkylation sites (tertiary alicyclic amines) is 1. The quantitative estimate of drug-likeness (QED) is 0.869. The van der Waals surface area contributed by atoms with Crippen LogP contribution >= 0.6 is 0 Å². The lowest BCUT2D eigenvalue weighted by Gasteiger charge is -2.38. The van der Waals surface area contributed by atoms with Crippen LogP contribution in [-0.2, 0) is 9.59 Å². The Morgan fingerprint density at radius 1 is 1.21 bits per heavy atom. The Kier molecular flexibility index (Phi) is 6.37. The number of benzene rings is 1. The van der Waals surface area contributed by atoms with Gasteiger partial charge in [0.2, 0.25) is 5.91 Å². The Labute approximate surface area is 144 Å². The van der Waals surface area contributed by atoms with Crippen molar-refractivity contribution in [1.29, 1.82) is 0 Å². The fourth-order valence-electron chi connectivity index (χ4n) is 3.54. The molecule has 1 amide bonds. The molecule has 132 valence electrons. The van der Waals surface area contributed by atoms with Crippen molar-refractivity contribution in [2.24, 2.45) is 5.92 Å². The van der Waals surface area contributed by atoms with E-state index in [-0.39, 0.29) is 30.3 Å². The minimum atomic E-state index is -0.806. The molecule has 2 rings (SSSR count). The maximum absolute atomic E-state index is 13.0. The first kappa shape index (κ1) is 18.5. The van der Waals surface area contributed by atoms with Crippen molar-refractivity contribution in [3.05, 3.63) is 35.9 Å². The van der Waals surface area contributed by atoms with E-state index in [1.807, 2.05) is 47.2 Å². The SMILES string of the molecule is CC(C)[C@@H](C(=O)N1CCC(N(C)CC(=O)O)CC1)c1ccccc1. The van der Waals surface area contributed by atoms with Crippen LogP contribution in [0.1, 0.15) is 38.2 Å². The summed E-state index contributed by atoms with van der Waals surface area (Å²) < 4.78 is 0. The summed E-state index contributed by atoms with van der Waals surface area (Å²) in [5.74, 6) is -0.484. The van der Waals surface area contributed by atoms with E-state index in [2.05, 4.69) is 13.8 Å². The second kappa shape index (κ2) is 8.29. The number of rotatable bonds is 6. The van der Waals surface area contributed by atoms with Gasteiger partial charge in [-0.3, -0.25) is 14.5 Å². The number of nitrogens with zero attached hydrogens (tertiary/aromatic N) is 2. The number of piperidine rings is 1. The second-order valence-corrected chi connectivity index (χ2v) is 7.00. The van der Waals surface area contributed by atoms with Crippen molar-refractivity contribution in [3.8, 4) is 0 Å². The minimum Gasteiger partial charge on any atom is -0.480 e. The second-order valence-electron chi connectivity index (χ2n) is 7.00. The summed E-state index contributed by atoms with van der Waals surface area (Å²) in [6.07, 6.45) is 1.66. The van der Waals surface area contributed by atoms with E-state index in [4.69, 9.17) is 5.11 Å². The third-order valence-corrected chi connectivity index (χ3v) is 4.88. The van der Waals surface area contributed by atoms with E-state index >= 15 is 0 Å². The molecule has 1 saturated heterocycles. The van der Waals surface area contributed by atoms with Crippen LogP contribution in [0.5, 0.6) is 0 Å². The first-order chi connectivity index (χ1) is 11.4. The van der Waals surface area contributed by atoms with E-state index < -0.39 is 5.97 Å². The zero-order valence-corrected chi connectivity index (χ0v) is 14.8. The molecule has 1 aliphatic heterocycles. The molecule has 0 radical (unpaired) electrons. The lowest BCUT2D eigenvalue weighted by molar-refractivity contribution is -0.140. The molecule has 5 nitrogen and oxygen atoms in total. The van der Waals surface area contributed by atoms with Crippen LogP contribution in [0.3, 0.4) is 0 Å². The number of carbonyl (C=O) groups is 2. The van der Waals surface area contributed by atoms with Gasteiger partial charge in [0.25, 0.3) is 0 Å². The first-order valence-corrected chi connectivity index (χ1v) is 8.66. The monoisotopic (exact) mass is 332 g/mol. The Balaban J connectivity index is 1.99. The summed E-state index contributed by atoms with van der Waals surface area (Å²) >= 11 is 0. The van der Waals surface area contributed by atoms with Gasteiger partial charge in [-0.2, -0.15) is 0 Å². The summed E-state index contributed by atoms with van der Waals surface area (Å²) in [5, 5.41) is 8.91. The van der Waals surface area contributed by atoms with Crippen LogP contribution in [0, 0.1) is 5.92 Å². The minimum absolute atomic E-state index is 0.0528. The van der Waals surface area contributed by atoms with Crippen molar-refractivity contribution >= 4 is 11.9 Å². The lowest BCUT2D eigenvalue weighted by Crippen LogP contribution is -2.48. The Hall–Kier alpha value is -1.88. The van der Waals surface area contributed by atoms with E-state index in [0.29, 0.717) is 13.1 Å². The number of carbonyl (C=O) groups excluding carboxylic acids is 1. The lowest BCUT2D eigenvalue weighted by atomic mass is 9.86. The van der Waals surface area contributed by atoms with Crippen LogP contribution in [0.2, 0.25) is 0 Å². The van der Waals surface area contributed by atoms with Crippen molar-refractivity contribution in [1.82, 2.24) is 9.80 Å². The summed E-state index contributed by atoms with van der Waals surface area (Å²) in [4.78, 5) is 27.7. The van der Waals surface area contributed by atoms with E-state index in [1.165, 1.54) is 0 Å². The molecule has 1 N–H and O–H groups in total. The summed E-state index contributed by atoms with van der Waals surface area (Å²) in [7, 11) is 1.84. The third kappa shape index (κ3) is 4.57. The van der Waals surface area contributed by atoms with Gasteiger partial charge in [0.05, 0.1) is 12.5 Å². The number of aliphatic carboxylic acids is 1. The predicted octanol–water partition coefficient (Wildman–Crippen LogP) is 2.43. The maximum Gasteiger partial charge on any atom is 0.317 e. The fraction of sp³-hybridized carbons (Fsp3) is 0.579. The van der Waals surface area contributed by atoms with Gasteiger partial charge < -0.3 is 10.0 Å². The first-order valence-electron chi connectivity index (χ1n) is 8.66. The summed E-state index contributed by atoms with van der Waals surface area (Å²) in [6, 6.07) is 10.2. The fourth-order valence-corrected chi connectivity index (χ4v) is 3.54. The molecule has 0 bridgehead atoms. The summed E-state index contributed by atoms with van der Waals surface area (Å²) in [5.41, 5.74) is 1.07. The topological polar surface area (TPSA) is 60.9 Å². The van der Waals surface area contributed by atoms with Crippen LogP contribution in [0.25, 0.3) is 0 Å². The third-order valence-electron chi connectivity index (χ3n) is 4.88. The Morgan fingerprint density at radius 3 is 2.29 bits per heavy atom. The molecule has 1 atom stereocenters. The predicted molar refractivity (Wildman–Crippen MR) is 93.9 cm³/mol. The molecular weight excluding hydrogens is 304 g/mol. The molecule has 0 spiro atoms. The van der Waals surface area contributed by atoms with Crippen molar-refractivity contribution in [3.63, 3.8) is 0 Å². The number of carboxylic acid groups (broad SMARTS) is 1. The van der Waals surface area contributed by atoms with Gasteiger partial charge in [-0.15, -0.1) is 0 Å². The highest BCUT2D eigenvalue weighted by Crippen LogP contribution is 2.28. The van der Waals surface area contributed by atoms with Crippen molar-refractivity contribution in [2.75, 3.05) is 26.7 Å². The average Bonchev–Trinajstić information content (AvgIpc) is 2.55. The molecule has 5 heteroatoms. The number of hydrogen-bond acceptors (Lipinski definition) is 3. The van der Waals surface area contributed by atoms with Crippen molar-refractivity contribution < 1.29 is 14.7 Å². The number of carboxylic acids is 1. The van der Waals surface area contributed by atoms with Gasteiger partial charge >= 0.3 is 5.97 Å². The molecular formula is C19H28N2O3. The smallest absolute Gasteiger partial charge is 0.317 e. The van der Waals surface area contributed by atoms with E-state index in [9.17, 15) is 9.59 Å². The highest BCUT2D eigenvalue weighted by atomic mass is 16.4. The van der Waals surface area contributed by atoms with Gasteiger partial charge in [0.15, 0.2) is 0 Å². The van der Waals surface area contributed by atoms with Crippen LogP contribution in [0.4, 0.5) is 0 Å². The average molecular weight is 332 g/mol. The van der Waals surface area contributed by atoms with Gasteiger partial charge in [0.1, 0.15) is 0 Å². The molecule has 1 heterocycles. The largest absolute Gasteiger partial charge is 0.480 e. The highest BCUT2D eigenvalue weighted by Gasteiger charge is 2.32. The van der Waals surface area contributed by atoms with Crippen molar-refractivity contribution in [2.45, 2.75) is 38.6 Å². The molecule has 0 aromatic heterocycles. The van der Waals surface area contributed by atoms with Gasteiger partial charge in [-0.25, -0.2) is 0 Å². The normalized spacial score (nSPS) is 17.3. The van der Waals surface area contributed by atoms with Crippen LogP contribution < -0.4 is 0 Å². The Bertz CT molecular complexity index is 551. The molecule has 1 aliphatic rings. The molecule has 0 unspecified atom stereocenters. The van der Waals surface area contributed by atoms with E-state index in [0.717, 1.165) is 18.4 Å². The number of likely N-dealkylation sites (N-methyl/N-ethyl adjacent to an activating group) is 1. The van der Waals surface area contributed by atoms with Crippen LogP contribution in [-0.4, -0.2) is 59.5 Å².